The molecule has 4 aromatic rings. The molecule has 1 heterocycles. The van der Waals surface area contributed by atoms with E-state index in [0.717, 1.165) is 11.3 Å². The van der Waals surface area contributed by atoms with Crippen molar-refractivity contribution in [3.8, 4) is 22.8 Å². The first kappa shape index (κ1) is 19.8. The van der Waals surface area contributed by atoms with E-state index in [0.29, 0.717) is 11.5 Å². The van der Waals surface area contributed by atoms with Crippen molar-refractivity contribution in [2.75, 3.05) is 5.32 Å². The Morgan fingerprint density at radius 3 is 2.32 bits per heavy atom. The first-order valence-corrected chi connectivity index (χ1v) is 9.30. The first-order valence-electron chi connectivity index (χ1n) is 9.30. The lowest BCUT2D eigenvalue weighted by atomic mass is 10.2. The van der Waals surface area contributed by atoms with Crippen molar-refractivity contribution in [1.29, 1.82) is 0 Å². The fourth-order valence-electron chi connectivity index (χ4n) is 2.81. The zero-order valence-electron chi connectivity index (χ0n) is 16.4. The molecule has 0 aliphatic rings. The maximum absolute atomic E-state index is 12.0. The van der Waals surface area contributed by atoms with Crippen LogP contribution in [0.3, 0.4) is 0 Å². The van der Waals surface area contributed by atoms with Crippen molar-refractivity contribution in [2.45, 2.75) is 6.92 Å². The number of nitro groups is 1. The first-order chi connectivity index (χ1) is 15.0. The lowest BCUT2D eigenvalue weighted by molar-refractivity contribution is -0.384. The van der Waals surface area contributed by atoms with Gasteiger partial charge >= 0.3 is 6.09 Å². The smallest absolute Gasteiger partial charge is 0.410 e. The lowest BCUT2D eigenvalue weighted by Gasteiger charge is -2.07. The standard InChI is InChI=1S/C22H17N5O4/c1-15-2-8-18(9-3-15)26-14-23-21(25-26)16-4-6-17(7-5-16)24-22(28)31-20-12-10-19(11-13-20)27(29)30/h2-14H,1H3,(H,24,28). The summed E-state index contributed by atoms with van der Waals surface area (Å²) >= 11 is 0. The van der Waals surface area contributed by atoms with Crippen molar-refractivity contribution < 1.29 is 14.5 Å². The number of non-ortho nitro benzene ring substituents is 1. The molecule has 154 valence electrons. The van der Waals surface area contributed by atoms with Gasteiger partial charge in [-0.3, -0.25) is 15.4 Å². The van der Waals surface area contributed by atoms with Gasteiger partial charge in [0.25, 0.3) is 5.69 Å². The van der Waals surface area contributed by atoms with Crippen LogP contribution in [0.2, 0.25) is 0 Å². The third kappa shape index (κ3) is 4.73. The fraction of sp³-hybridized carbons (Fsp3) is 0.0455. The summed E-state index contributed by atoms with van der Waals surface area (Å²) in [5, 5.41) is 17.8. The number of nitrogens with zero attached hydrogens (tertiary/aromatic N) is 4. The van der Waals surface area contributed by atoms with E-state index < -0.39 is 11.0 Å². The summed E-state index contributed by atoms with van der Waals surface area (Å²) in [6.45, 7) is 2.02. The highest BCUT2D eigenvalue weighted by molar-refractivity contribution is 5.86. The molecule has 0 spiro atoms. The molecule has 0 aliphatic heterocycles. The second-order valence-electron chi connectivity index (χ2n) is 6.69. The second-order valence-corrected chi connectivity index (χ2v) is 6.69. The van der Waals surface area contributed by atoms with Gasteiger partial charge in [-0.05, 0) is 55.5 Å². The van der Waals surface area contributed by atoms with Crippen LogP contribution >= 0.6 is 0 Å². The summed E-state index contributed by atoms with van der Waals surface area (Å²) in [7, 11) is 0. The van der Waals surface area contributed by atoms with Crippen molar-refractivity contribution in [1.82, 2.24) is 14.8 Å². The minimum absolute atomic E-state index is 0.0817. The number of benzene rings is 3. The van der Waals surface area contributed by atoms with E-state index in [1.54, 1.807) is 35.3 Å². The quantitative estimate of drug-likeness (QED) is 0.371. The summed E-state index contributed by atoms with van der Waals surface area (Å²) in [5.74, 6) is 0.756. The van der Waals surface area contributed by atoms with Crippen molar-refractivity contribution in [3.05, 3.63) is 94.8 Å². The largest absolute Gasteiger partial charge is 0.417 e. The lowest BCUT2D eigenvalue weighted by Crippen LogP contribution is -2.16. The van der Waals surface area contributed by atoms with E-state index in [9.17, 15) is 14.9 Å². The zero-order chi connectivity index (χ0) is 21.8. The summed E-state index contributed by atoms with van der Waals surface area (Å²) in [4.78, 5) is 26.5. The molecule has 9 nitrogen and oxygen atoms in total. The molecule has 0 atom stereocenters. The molecule has 3 aromatic carbocycles. The molecule has 0 unspecified atom stereocenters. The number of aryl methyl sites for hydroxylation is 1. The van der Waals surface area contributed by atoms with Gasteiger partial charge in [-0.1, -0.05) is 17.7 Å². The summed E-state index contributed by atoms with van der Waals surface area (Å²) in [6.07, 6.45) is 0.941. The molecule has 0 saturated heterocycles. The number of ether oxygens (including phenoxy) is 1. The Bertz CT molecular complexity index is 1220. The highest BCUT2D eigenvalue weighted by Gasteiger charge is 2.10. The molecule has 0 saturated carbocycles. The number of amides is 1. The maximum atomic E-state index is 12.0. The van der Waals surface area contributed by atoms with Crippen LogP contribution in [0.4, 0.5) is 16.2 Å². The molecule has 1 N–H and O–H groups in total. The van der Waals surface area contributed by atoms with E-state index in [4.69, 9.17) is 4.74 Å². The predicted octanol–water partition coefficient (Wildman–Crippen LogP) is 4.76. The Morgan fingerprint density at radius 1 is 1.00 bits per heavy atom. The molecule has 0 aliphatic carbocycles. The van der Waals surface area contributed by atoms with Gasteiger partial charge in [-0.15, -0.1) is 5.10 Å². The van der Waals surface area contributed by atoms with E-state index in [1.165, 1.54) is 29.8 Å². The van der Waals surface area contributed by atoms with E-state index in [2.05, 4.69) is 15.4 Å². The average molecular weight is 415 g/mol. The molecule has 1 amide bonds. The van der Waals surface area contributed by atoms with Crippen LogP contribution in [0.25, 0.3) is 17.1 Å². The summed E-state index contributed by atoms with van der Waals surface area (Å²) in [5.41, 5.74) is 3.31. The maximum Gasteiger partial charge on any atom is 0.417 e. The Balaban J connectivity index is 1.39. The molecule has 31 heavy (non-hydrogen) atoms. The Hall–Kier alpha value is -4.53. The number of carbonyl (C=O) groups is 1. The molecular weight excluding hydrogens is 398 g/mol. The number of aromatic nitrogens is 3. The number of hydrogen-bond donors (Lipinski definition) is 1. The van der Waals surface area contributed by atoms with E-state index in [-0.39, 0.29) is 11.4 Å². The predicted molar refractivity (Wildman–Crippen MR) is 114 cm³/mol. The van der Waals surface area contributed by atoms with Crippen LogP contribution in [0.1, 0.15) is 5.56 Å². The minimum Gasteiger partial charge on any atom is -0.410 e. The highest BCUT2D eigenvalue weighted by Crippen LogP contribution is 2.21. The van der Waals surface area contributed by atoms with Gasteiger partial charge in [-0.2, -0.15) is 0 Å². The number of carbonyl (C=O) groups excluding carboxylic acids is 1. The molecule has 4 rings (SSSR count). The normalized spacial score (nSPS) is 10.5. The van der Waals surface area contributed by atoms with Crippen molar-refractivity contribution in [2.24, 2.45) is 0 Å². The van der Waals surface area contributed by atoms with E-state index in [1.807, 2.05) is 31.2 Å². The SMILES string of the molecule is Cc1ccc(-n2cnc(-c3ccc(NC(=O)Oc4ccc([N+](=O)[O-])cc4)cc3)n2)cc1. The third-order valence-electron chi connectivity index (χ3n) is 4.44. The van der Waals surface area contributed by atoms with Gasteiger partial charge in [0.05, 0.1) is 10.6 Å². The fourth-order valence-corrected chi connectivity index (χ4v) is 2.81. The number of nitrogens with one attached hydrogen (secondary N) is 1. The number of nitro benzene ring substituents is 1. The van der Waals surface area contributed by atoms with Crippen LogP contribution in [0.15, 0.2) is 79.1 Å². The third-order valence-corrected chi connectivity index (χ3v) is 4.44. The van der Waals surface area contributed by atoms with Crippen LogP contribution in [0, 0.1) is 17.0 Å². The number of rotatable bonds is 5. The van der Waals surface area contributed by atoms with Gasteiger partial charge in [0, 0.05) is 23.4 Å². The number of anilines is 1. The molecule has 1 aromatic heterocycles. The number of hydrogen-bond acceptors (Lipinski definition) is 6. The van der Waals surface area contributed by atoms with Gasteiger partial charge in [0.1, 0.15) is 12.1 Å². The van der Waals surface area contributed by atoms with Crippen LogP contribution in [-0.4, -0.2) is 25.8 Å². The molecule has 9 heteroatoms. The molecule has 0 bridgehead atoms. The van der Waals surface area contributed by atoms with Gasteiger partial charge in [-0.25, -0.2) is 14.5 Å². The van der Waals surface area contributed by atoms with Crippen molar-refractivity contribution in [3.63, 3.8) is 0 Å². The van der Waals surface area contributed by atoms with Crippen LogP contribution in [-0.2, 0) is 0 Å². The minimum atomic E-state index is -0.705. The topological polar surface area (TPSA) is 112 Å². The van der Waals surface area contributed by atoms with Gasteiger partial charge in [0.15, 0.2) is 5.82 Å². The highest BCUT2D eigenvalue weighted by atomic mass is 16.6. The molecule has 0 radical (unpaired) electrons. The van der Waals surface area contributed by atoms with Gasteiger partial charge in [0.2, 0.25) is 0 Å². The molecular formula is C22H17N5O4. The van der Waals surface area contributed by atoms with E-state index >= 15 is 0 Å². The Labute approximate surface area is 177 Å². The van der Waals surface area contributed by atoms with Crippen LogP contribution < -0.4 is 10.1 Å². The Kier molecular flexibility index (Phi) is 5.39. The zero-order valence-corrected chi connectivity index (χ0v) is 16.4. The monoisotopic (exact) mass is 415 g/mol. The van der Waals surface area contributed by atoms with Crippen molar-refractivity contribution >= 4 is 17.5 Å². The summed E-state index contributed by atoms with van der Waals surface area (Å²) in [6, 6.07) is 20.2. The molecule has 0 fully saturated rings. The summed E-state index contributed by atoms with van der Waals surface area (Å²) < 4.78 is 6.82. The Morgan fingerprint density at radius 2 is 1.68 bits per heavy atom. The van der Waals surface area contributed by atoms with Crippen LogP contribution in [0.5, 0.6) is 5.75 Å². The second kappa shape index (κ2) is 8.46. The van der Waals surface area contributed by atoms with Gasteiger partial charge < -0.3 is 4.74 Å². The average Bonchev–Trinajstić information content (AvgIpc) is 3.25.